The molecule has 0 bridgehead atoms. The van der Waals surface area contributed by atoms with E-state index in [1.165, 1.54) is 16.4 Å². The highest BCUT2D eigenvalue weighted by molar-refractivity contribution is 8.00. The Hall–Kier alpha value is -1.84. The van der Waals surface area contributed by atoms with E-state index < -0.39 is 11.1 Å². The van der Waals surface area contributed by atoms with Gasteiger partial charge < -0.3 is 10.4 Å². The minimum absolute atomic E-state index is 0.151. The lowest BCUT2D eigenvalue weighted by Crippen LogP contribution is -2.39. The number of anilines is 1. The van der Waals surface area contributed by atoms with Crippen molar-refractivity contribution in [3.63, 3.8) is 0 Å². The number of benzene rings is 1. The van der Waals surface area contributed by atoms with E-state index in [9.17, 15) is 4.79 Å². The second-order valence-corrected chi connectivity index (χ2v) is 4.91. The average molecular weight is 282 g/mol. The SMILES string of the molecule is N#CN1SC=CC1(Cl)Nc1cccc(C(=O)O)c1. The molecule has 0 aromatic heterocycles. The molecule has 0 spiro atoms. The predicted octanol–water partition coefficient (Wildman–Crippen LogP) is 2.65. The molecule has 1 aliphatic heterocycles. The summed E-state index contributed by atoms with van der Waals surface area (Å²) >= 11 is 7.40. The normalized spacial score (nSPS) is 21.7. The predicted molar refractivity (Wildman–Crippen MR) is 69.8 cm³/mol. The van der Waals surface area contributed by atoms with E-state index in [0.717, 1.165) is 11.9 Å². The van der Waals surface area contributed by atoms with Crippen LogP contribution in [0.15, 0.2) is 35.7 Å². The van der Waals surface area contributed by atoms with Gasteiger partial charge >= 0.3 is 5.97 Å². The molecular weight excluding hydrogens is 274 g/mol. The van der Waals surface area contributed by atoms with Crippen LogP contribution in [0.2, 0.25) is 0 Å². The smallest absolute Gasteiger partial charge is 0.335 e. The highest BCUT2D eigenvalue weighted by atomic mass is 35.5. The number of alkyl halides is 1. The fourth-order valence-electron chi connectivity index (χ4n) is 1.45. The molecule has 1 heterocycles. The number of nitriles is 1. The van der Waals surface area contributed by atoms with Crippen molar-refractivity contribution in [3.8, 4) is 6.19 Å². The number of rotatable bonds is 3. The summed E-state index contributed by atoms with van der Waals surface area (Å²) in [5, 5.41) is 21.2. The highest BCUT2D eigenvalue weighted by Crippen LogP contribution is 2.36. The topological polar surface area (TPSA) is 76.4 Å². The molecule has 2 rings (SSSR count). The zero-order valence-corrected chi connectivity index (χ0v) is 10.6. The molecule has 5 nitrogen and oxygen atoms in total. The van der Waals surface area contributed by atoms with Gasteiger partial charge in [0.05, 0.1) is 5.56 Å². The maximum atomic E-state index is 10.8. The first-order chi connectivity index (χ1) is 8.55. The van der Waals surface area contributed by atoms with E-state index in [0.29, 0.717) is 5.69 Å². The number of nitrogens with zero attached hydrogens (tertiary/aromatic N) is 2. The zero-order valence-electron chi connectivity index (χ0n) is 9.00. The first kappa shape index (κ1) is 12.6. The molecule has 92 valence electrons. The third-order valence-electron chi connectivity index (χ3n) is 2.27. The van der Waals surface area contributed by atoms with E-state index >= 15 is 0 Å². The molecular formula is C11H8ClN3O2S. The number of halogens is 1. The number of hydrogen-bond donors (Lipinski definition) is 2. The third kappa shape index (κ3) is 2.37. The van der Waals surface area contributed by atoms with Gasteiger partial charge in [-0.25, -0.2) is 9.10 Å². The summed E-state index contributed by atoms with van der Waals surface area (Å²) in [6, 6.07) is 6.23. The standard InChI is InChI=1S/C11H8ClN3O2S/c12-11(4-5-18-15(11)7-13)14-9-3-1-2-8(6-9)10(16)17/h1-6,14H,(H,16,17). The summed E-state index contributed by atoms with van der Waals surface area (Å²) in [6.07, 6.45) is 3.56. The lowest BCUT2D eigenvalue weighted by molar-refractivity contribution is 0.0697. The van der Waals surface area contributed by atoms with Crippen LogP contribution in [0.4, 0.5) is 5.69 Å². The van der Waals surface area contributed by atoms with Crippen LogP contribution in [0, 0.1) is 11.5 Å². The molecule has 2 N–H and O–H groups in total. The van der Waals surface area contributed by atoms with Gasteiger partial charge in [-0.1, -0.05) is 17.7 Å². The lowest BCUT2D eigenvalue weighted by Gasteiger charge is -2.28. The fraction of sp³-hybridized carbons (Fsp3) is 0.0909. The molecule has 0 aliphatic carbocycles. The van der Waals surface area contributed by atoms with Gasteiger partial charge in [-0.3, -0.25) is 0 Å². The summed E-state index contributed by atoms with van der Waals surface area (Å²) < 4.78 is 1.27. The molecule has 1 atom stereocenters. The van der Waals surface area contributed by atoms with E-state index in [4.69, 9.17) is 22.0 Å². The molecule has 18 heavy (non-hydrogen) atoms. The summed E-state index contributed by atoms with van der Waals surface area (Å²) in [5.74, 6) is -1.02. The van der Waals surface area contributed by atoms with Crippen LogP contribution in [0.25, 0.3) is 0 Å². The molecule has 1 aromatic rings. The van der Waals surface area contributed by atoms with Crippen LogP contribution in [0.5, 0.6) is 0 Å². The van der Waals surface area contributed by atoms with Crippen LogP contribution in [0.1, 0.15) is 10.4 Å². The monoisotopic (exact) mass is 281 g/mol. The fourth-order valence-corrected chi connectivity index (χ4v) is 2.54. The number of carbonyl (C=O) groups is 1. The molecule has 1 unspecified atom stereocenters. The van der Waals surface area contributed by atoms with Gasteiger partial charge in [0, 0.05) is 5.69 Å². The number of nitrogens with one attached hydrogen (secondary N) is 1. The van der Waals surface area contributed by atoms with Crippen LogP contribution < -0.4 is 5.32 Å². The van der Waals surface area contributed by atoms with Crippen molar-refractivity contribution in [2.24, 2.45) is 0 Å². The van der Waals surface area contributed by atoms with E-state index in [2.05, 4.69) is 5.32 Å². The Morgan fingerprint density at radius 2 is 2.39 bits per heavy atom. The average Bonchev–Trinajstić information content (AvgIpc) is 2.70. The van der Waals surface area contributed by atoms with Gasteiger partial charge in [0.1, 0.15) is 0 Å². The van der Waals surface area contributed by atoms with Gasteiger partial charge in [-0.05, 0) is 41.6 Å². The van der Waals surface area contributed by atoms with Gasteiger partial charge in [-0.15, -0.1) is 0 Å². The van der Waals surface area contributed by atoms with Crippen LogP contribution in [-0.4, -0.2) is 20.5 Å². The van der Waals surface area contributed by atoms with Crippen molar-refractivity contribution in [1.29, 1.82) is 5.26 Å². The Bertz CT molecular complexity index is 557. The van der Waals surface area contributed by atoms with Crippen molar-refractivity contribution in [3.05, 3.63) is 41.3 Å². The summed E-state index contributed by atoms with van der Waals surface area (Å²) in [6.45, 7) is 0. The van der Waals surface area contributed by atoms with Crippen LogP contribution in [-0.2, 0) is 0 Å². The summed E-state index contributed by atoms with van der Waals surface area (Å²) in [7, 11) is 0. The quantitative estimate of drug-likeness (QED) is 0.384. The second kappa shape index (κ2) is 4.80. The number of carboxylic acids is 1. The van der Waals surface area contributed by atoms with Crippen molar-refractivity contribution in [1.82, 2.24) is 4.31 Å². The van der Waals surface area contributed by atoms with Gasteiger partial charge in [0.15, 0.2) is 6.19 Å². The molecule has 7 heteroatoms. The number of aromatic carboxylic acids is 1. The molecule has 0 radical (unpaired) electrons. The van der Waals surface area contributed by atoms with Crippen LogP contribution in [0.3, 0.4) is 0 Å². The third-order valence-corrected chi connectivity index (χ3v) is 3.60. The first-order valence-corrected chi connectivity index (χ1v) is 6.11. The molecule has 0 amide bonds. The van der Waals surface area contributed by atoms with Crippen molar-refractivity contribution in [2.45, 2.75) is 5.12 Å². The van der Waals surface area contributed by atoms with E-state index in [-0.39, 0.29) is 5.56 Å². The maximum absolute atomic E-state index is 10.8. The molecule has 0 fully saturated rings. The second-order valence-electron chi connectivity index (χ2n) is 3.49. The minimum Gasteiger partial charge on any atom is -0.478 e. The summed E-state index contributed by atoms with van der Waals surface area (Å²) in [4.78, 5) is 10.8. The Morgan fingerprint density at radius 1 is 1.61 bits per heavy atom. The Balaban J connectivity index is 2.24. The van der Waals surface area contributed by atoms with Crippen molar-refractivity contribution >= 4 is 35.2 Å². The van der Waals surface area contributed by atoms with E-state index in [1.54, 1.807) is 23.6 Å². The van der Waals surface area contributed by atoms with Crippen LogP contribution >= 0.6 is 23.5 Å². The zero-order chi connectivity index (χ0) is 13.2. The van der Waals surface area contributed by atoms with Gasteiger partial charge in [-0.2, -0.15) is 5.26 Å². The largest absolute Gasteiger partial charge is 0.478 e. The van der Waals surface area contributed by atoms with E-state index in [1.807, 2.05) is 6.19 Å². The van der Waals surface area contributed by atoms with Gasteiger partial charge in [0.2, 0.25) is 5.12 Å². The molecule has 1 aliphatic rings. The van der Waals surface area contributed by atoms with Gasteiger partial charge in [0.25, 0.3) is 0 Å². The number of carboxylic acid groups (broad SMARTS) is 1. The Labute approximate surface area is 113 Å². The van der Waals surface area contributed by atoms with Crippen molar-refractivity contribution in [2.75, 3.05) is 5.32 Å². The summed E-state index contributed by atoms with van der Waals surface area (Å²) in [5.41, 5.74) is 0.677. The maximum Gasteiger partial charge on any atom is 0.335 e. The minimum atomic E-state index is -1.17. The lowest BCUT2D eigenvalue weighted by atomic mass is 10.2. The molecule has 0 saturated carbocycles. The molecule has 1 aromatic carbocycles. The van der Waals surface area contributed by atoms with Crippen molar-refractivity contribution < 1.29 is 9.90 Å². The highest BCUT2D eigenvalue weighted by Gasteiger charge is 2.36. The Morgan fingerprint density at radius 3 is 3.06 bits per heavy atom. The first-order valence-electron chi connectivity index (χ1n) is 4.90. The Kier molecular flexibility index (Phi) is 3.36. The number of hydrogen-bond acceptors (Lipinski definition) is 5. The molecule has 0 saturated heterocycles.